The molecule has 6 nitrogen and oxygen atoms in total. The third-order valence-electron chi connectivity index (χ3n) is 10.5. The summed E-state index contributed by atoms with van der Waals surface area (Å²) in [5.74, 6) is 0.0686. The Balaban J connectivity index is 1.63. The summed E-state index contributed by atoms with van der Waals surface area (Å²) < 4.78 is 20.5. The highest BCUT2D eigenvalue weighted by atomic mass is 28.4. The van der Waals surface area contributed by atoms with Crippen LogP contribution in [0.5, 0.6) is 0 Å². The highest BCUT2D eigenvalue weighted by molar-refractivity contribution is 6.74. The van der Waals surface area contributed by atoms with Gasteiger partial charge in [-0.2, -0.15) is 4.58 Å². The molecule has 0 N–H and O–H groups in total. The first-order valence-electron chi connectivity index (χ1n) is 17.1. The first-order valence-corrected chi connectivity index (χ1v) is 22.9. The van der Waals surface area contributed by atoms with Crippen LogP contribution >= 0.6 is 0 Å². The molecule has 0 aromatic heterocycles. The fourth-order valence-corrected chi connectivity index (χ4v) is 7.62. The topological polar surface area (TPSA) is 70.8 Å². The van der Waals surface area contributed by atoms with E-state index in [0.717, 1.165) is 44.3 Å². The number of carbonyl (C=O) groups is 1. The molecule has 1 aromatic carbocycles. The summed E-state index contributed by atoms with van der Waals surface area (Å²) >= 11 is 0. The SMILES string of the molecule is C[C@@H](CC=[N+]1C=C([O-])O[C@@H]2Cc3ccccc3[C@@H]21)CC(=O)/C(=C\CCCO[Si](C)(C)C(C)(C)C)CCCO[Si](C)(C)C(C)(C)C. The Morgan fingerprint density at radius 3 is 2.24 bits per heavy atom. The summed E-state index contributed by atoms with van der Waals surface area (Å²) in [5.41, 5.74) is 3.37. The molecule has 1 heterocycles. The largest absolute Gasteiger partial charge is 0.598 e. The van der Waals surface area contributed by atoms with Gasteiger partial charge in [-0.1, -0.05) is 78.8 Å². The Kier molecular flexibility index (Phi) is 12.7. The molecule has 0 spiro atoms. The Morgan fingerprint density at radius 1 is 1.02 bits per heavy atom. The monoisotopic (exact) mass is 655 g/mol. The summed E-state index contributed by atoms with van der Waals surface area (Å²) in [6, 6.07) is 8.33. The predicted molar refractivity (Wildman–Crippen MR) is 188 cm³/mol. The van der Waals surface area contributed by atoms with Crippen molar-refractivity contribution in [3.8, 4) is 0 Å². The maximum Gasteiger partial charge on any atom is 0.195 e. The van der Waals surface area contributed by atoms with E-state index in [1.807, 2.05) is 16.7 Å². The van der Waals surface area contributed by atoms with Crippen LogP contribution in [0.15, 0.2) is 48.1 Å². The number of carbonyl (C=O) groups excluding carboxylic acids is 1. The Labute approximate surface area is 276 Å². The Morgan fingerprint density at radius 2 is 1.62 bits per heavy atom. The van der Waals surface area contributed by atoms with E-state index in [2.05, 4.69) is 99.1 Å². The maximum atomic E-state index is 13.7. The van der Waals surface area contributed by atoms with Crippen LogP contribution in [0, 0.1) is 5.92 Å². The number of benzene rings is 1. The van der Waals surface area contributed by atoms with Gasteiger partial charge in [-0.3, -0.25) is 4.79 Å². The van der Waals surface area contributed by atoms with E-state index in [0.29, 0.717) is 19.4 Å². The molecule has 0 radical (unpaired) electrons. The lowest BCUT2D eigenvalue weighted by Crippen LogP contribution is -2.41. The van der Waals surface area contributed by atoms with E-state index in [9.17, 15) is 9.90 Å². The van der Waals surface area contributed by atoms with Gasteiger partial charge in [0.15, 0.2) is 34.7 Å². The molecule has 0 bridgehead atoms. The van der Waals surface area contributed by atoms with Crippen LogP contribution in [0.1, 0.15) is 104 Å². The molecule has 1 aliphatic heterocycles. The van der Waals surface area contributed by atoms with E-state index in [4.69, 9.17) is 13.6 Å². The van der Waals surface area contributed by atoms with Gasteiger partial charge in [-0.05, 0) is 85.4 Å². The van der Waals surface area contributed by atoms with Gasteiger partial charge in [-0.25, -0.2) is 0 Å². The van der Waals surface area contributed by atoms with E-state index >= 15 is 0 Å². The average Bonchev–Trinajstić information content (AvgIpc) is 3.29. The zero-order chi connectivity index (χ0) is 33.6. The van der Waals surface area contributed by atoms with Crippen molar-refractivity contribution in [2.75, 3.05) is 13.2 Å². The van der Waals surface area contributed by atoms with Crippen molar-refractivity contribution in [3.63, 3.8) is 0 Å². The quantitative estimate of drug-likeness (QED) is 0.0821. The number of hydrogen-bond acceptors (Lipinski definition) is 5. The van der Waals surface area contributed by atoms with E-state index in [1.165, 1.54) is 11.1 Å². The number of Topliss-reactive ketones (excluding diaryl/α,β-unsaturated/α-hetero) is 1. The minimum absolute atomic E-state index is 0.00620. The van der Waals surface area contributed by atoms with Crippen LogP contribution < -0.4 is 5.11 Å². The second-order valence-corrected chi connectivity index (χ2v) is 25.9. The lowest BCUT2D eigenvalue weighted by atomic mass is 9.94. The second-order valence-electron chi connectivity index (χ2n) is 16.2. The number of fused-ring (bicyclic) bond motifs is 3. The maximum absolute atomic E-state index is 13.7. The number of ketones is 1. The van der Waals surface area contributed by atoms with Gasteiger partial charge in [0.05, 0.1) is 6.10 Å². The first kappa shape index (κ1) is 37.5. The van der Waals surface area contributed by atoms with Crippen molar-refractivity contribution in [3.05, 3.63) is 59.2 Å². The molecule has 0 unspecified atom stereocenters. The zero-order valence-corrected chi connectivity index (χ0v) is 32.1. The van der Waals surface area contributed by atoms with Gasteiger partial charge in [-0.15, -0.1) is 0 Å². The summed E-state index contributed by atoms with van der Waals surface area (Å²) in [6.07, 6.45) is 10.9. The lowest BCUT2D eigenvalue weighted by Gasteiger charge is -2.36. The number of unbranched alkanes of at least 4 members (excludes halogenated alkanes) is 1. The molecule has 0 saturated heterocycles. The third kappa shape index (κ3) is 10.2. The molecule has 0 fully saturated rings. The highest BCUT2D eigenvalue weighted by Gasteiger charge is 2.41. The number of ether oxygens (including phenoxy) is 1. The van der Waals surface area contributed by atoms with Crippen LogP contribution in [-0.4, -0.2) is 52.5 Å². The van der Waals surface area contributed by atoms with Gasteiger partial charge in [0.1, 0.15) is 12.2 Å². The van der Waals surface area contributed by atoms with Crippen molar-refractivity contribution in [1.82, 2.24) is 0 Å². The normalized spacial score (nSPS) is 20.8. The molecule has 1 aliphatic carbocycles. The van der Waals surface area contributed by atoms with Gasteiger partial charge in [0, 0.05) is 31.6 Å². The zero-order valence-electron chi connectivity index (χ0n) is 30.1. The summed E-state index contributed by atoms with van der Waals surface area (Å²) in [5, 5.41) is 12.7. The van der Waals surface area contributed by atoms with Crippen LogP contribution in [0.4, 0.5) is 0 Å². The van der Waals surface area contributed by atoms with Crippen molar-refractivity contribution < 1.29 is 28.1 Å². The number of hydrogen-bond donors (Lipinski definition) is 0. The molecular formula is C37H61NO5Si2. The molecule has 252 valence electrons. The molecule has 0 saturated carbocycles. The van der Waals surface area contributed by atoms with Gasteiger partial charge in [0.25, 0.3) is 0 Å². The number of rotatable bonds is 15. The van der Waals surface area contributed by atoms with Crippen molar-refractivity contribution in [2.24, 2.45) is 5.92 Å². The molecule has 3 atom stereocenters. The predicted octanol–water partition coefficient (Wildman–Crippen LogP) is 8.44. The summed E-state index contributed by atoms with van der Waals surface area (Å²) in [7, 11) is -3.61. The smallest absolute Gasteiger partial charge is 0.195 e. The van der Waals surface area contributed by atoms with Crippen LogP contribution in [0.2, 0.25) is 36.3 Å². The molecular weight excluding hydrogens is 595 g/mol. The van der Waals surface area contributed by atoms with Gasteiger partial charge in [0.2, 0.25) is 0 Å². The highest BCUT2D eigenvalue weighted by Crippen LogP contribution is 2.39. The number of nitrogens with zero attached hydrogens (tertiary/aromatic N) is 1. The Hall–Kier alpha value is -2.01. The van der Waals surface area contributed by atoms with Gasteiger partial charge >= 0.3 is 0 Å². The molecule has 3 rings (SSSR count). The first-order chi connectivity index (χ1) is 20.8. The van der Waals surface area contributed by atoms with E-state index in [1.54, 1.807) is 6.20 Å². The molecule has 2 aliphatic rings. The molecule has 8 heteroatoms. The van der Waals surface area contributed by atoms with Crippen LogP contribution in [0.3, 0.4) is 0 Å². The molecule has 45 heavy (non-hydrogen) atoms. The standard InChI is InChI=1S/C37H61NO5Si2/c1-28(21-22-38-27-34(40)43-33-26-30-18-12-13-20-31(30)35(33)38)25-32(39)29(19-16-24-42-45(10,11)37(5,6)7)17-14-15-23-41-44(8,9)36(2,3)4/h12-13,17-18,20,22,27-28,33,35H,14-16,19,21,23-26H2,1-11H3/b29-17-,38-22?/t28-,33+,35-/m0/s1. The Bertz CT molecular complexity index is 1250. The van der Waals surface area contributed by atoms with Crippen LogP contribution in [0.25, 0.3) is 0 Å². The fourth-order valence-electron chi connectivity index (χ4n) is 5.44. The van der Waals surface area contributed by atoms with E-state index in [-0.39, 0.29) is 39.9 Å². The fraction of sp³-hybridized carbons (Fsp3) is 0.676. The van der Waals surface area contributed by atoms with Crippen molar-refractivity contribution in [1.29, 1.82) is 0 Å². The van der Waals surface area contributed by atoms with Crippen molar-refractivity contribution >= 4 is 28.6 Å². The molecule has 1 aromatic rings. The van der Waals surface area contributed by atoms with E-state index < -0.39 is 16.6 Å². The minimum Gasteiger partial charge on any atom is -0.598 e. The number of allylic oxidation sites excluding steroid dienone is 2. The summed E-state index contributed by atoms with van der Waals surface area (Å²) in [6.45, 7) is 26.2. The summed E-state index contributed by atoms with van der Waals surface area (Å²) in [4.78, 5) is 13.7. The third-order valence-corrected chi connectivity index (χ3v) is 19.5. The van der Waals surface area contributed by atoms with Crippen molar-refractivity contribution in [2.45, 2.75) is 142 Å². The average molecular weight is 656 g/mol. The van der Waals surface area contributed by atoms with Crippen LogP contribution in [-0.2, 0) is 24.8 Å². The molecule has 0 amide bonds. The lowest BCUT2D eigenvalue weighted by molar-refractivity contribution is -0.550. The van der Waals surface area contributed by atoms with Gasteiger partial charge < -0.3 is 18.7 Å². The second kappa shape index (κ2) is 15.3. The minimum atomic E-state index is -1.83.